The van der Waals surface area contributed by atoms with Gasteiger partial charge < -0.3 is 0 Å². The van der Waals surface area contributed by atoms with E-state index in [1.807, 2.05) is 24.3 Å². The molecule has 0 bridgehead atoms. The van der Waals surface area contributed by atoms with Gasteiger partial charge in [0.25, 0.3) is 0 Å². The summed E-state index contributed by atoms with van der Waals surface area (Å²) in [5, 5.41) is 9.01. The van der Waals surface area contributed by atoms with Gasteiger partial charge in [-0.1, -0.05) is 42.0 Å². The SMILES string of the molecule is CC1=CCC(c2ccccc2C#N)C=C1. The molecule has 0 fully saturated rings. The summed E-state index contributed by atoms with van der Waals surface area (Å²) in [6, 6.07) is 10.1. The third kappa shape index (κ3) is 1.99. The van der Waals surface area contributed by atoms with Crippen LogP contribution in [0, 0.1) is 11.3 Å². The number of benzene rings is 1. The summed E-state index contributed by atoms with van der Waals surface area (Å²) in [6.07, 6.45) is 7.54. The van der Waals surface area contributed by atoms with Crippen molar-refractivity contribution in [2.24, 2.45) is 0 Å². The van der Waals surface area contributed by atoms with E-state index in [2.05, 4.69) is 31.2 Å². The van der Waals surface area contributed by atoms with Crippen LogP contribution in [0.1, 0.15) is 30.4 Å². The van der Waals surface area contributed by atoms with E-state index in [1.165, 1.54) is 5.57 Å². The molecule has 0 aromatic heterocycles. The highest BCUT2D eigenvalue weighted by Gasteiger charge is 2.12. The summed E-state index contributed by atoms with van der Waals surface area (Å²) in [5.74, 6) is 0.365. The van der Waals surface area contributed by atoms with Gasteiger partial charge in [-0.2, -0.15) is 5.26 Å². The topological polar surface area (TPSA) is 23.8 Å². The number of hydrogen-bond acceptors (Lipinski definition) is 1. The van der Waals surface area contributed by atoms with Gasteiger partial charge in [0.05, 0.1) is 11.6 Å². The van der Waals surface area contributed by atoms with Crippen molar-refractivity contribution in [1.82, 2.24) is 0 Å². The molecular formula is C14H13N. The molecule has 0 radical (unpaired) electrons. The zero-order chi connectivity index (χ0) is 10.7. The summed E-state index contributed by atoms with van der Waals surface area (Å²) < 4.78 is 0. The maximum absolute atomic E-state index is 9.01. The Morgan fingerprint density at radius 3 is 2.80 bits per heavy atom. The first-order valence-electron chi connectivity index (χ1n) is 5.15. The quantitative estimate of drug-likeness (QED) is 0.672. The van der Waals surface area contributed by atoms with Crippen molar-refractivity contribution in [1.29, 1.82) is 5.26 Å². The second-order valence-electron chi connectivity index (χ2n) is 3.85. The molecule has 1 aromatic carbocycles. The van der Waals surface area contributed by atoms with Gasteiger partial charge in [-0.05, 0) is 25.0 Å². The fourth-order valence-corrected chi connectivity index (χ4v) is 1.88. The van der Waals surface area contributed by atoms with E-state index in [0.29, 0.717) is 5.92 Å². The van der Waals surface area contributed by atoms with E-state index >= 15 is 0 Å². The van der Waals surface area contributed by atoms with Gasteiger partial charge in [0, 0.05) is 5.92 Å². The van der Waals surface area contributed by atoms with Crippen LogP contribution in [0.15, 0.2) is 48.1 Å². The summed E-state index contributed by atoms with van der Waals surface area (Å²) in [5.41, 5.74) is 3.24. The van der Waals surface area contributed by atoms with Crippen molar-refractivity contribution in [3.05, 3.63) is 59.2 Å². The number of rotatable bonds is 1. The fraction of sp³-hybridized carbons (Fsp3) is 0.214. The van der Waals surface area contributed by atoms with Crippen LogP contribution >= 0.6 is 0 Å². The lowest BCUT2D eigenvalue weighted by molar-refractivity contribution is 0.842. The Balaban J connectivity index is 2.32. The molecule has 0 saturated carbocycles. The van der Waals surface area contributed by atoms with Crippen molar-refractivity contribution in [2.45, 2.75) is 19.3 Å². The minimum Gasteiger partial charge on any atom is -0.192 e. The zero-order valence-corrected chi connectivity index (χ0v) is 8.77. The van der Waals surface area contributed by atoms with Gasteiger partial charge in [0.2, 0.25) is 0 Å². The molecule has 1 aliphatic rings. The molecule has 1 unspecified atom stereocenters. The molecule has 0 spiro atoms. The molecule has 1 aliphatic carbocycles. The Kier molecular flexibility index (Phi) is 2.69. The summed E-state index contributed by atoms with van der Waals surface area (Å²) in [7, 11) is 0. The predicted octanol–water partition coefficient (Wildman–Crippen LogP) is 3.55. The fourth-order valence-electron chi connectivity index (χ4n) is 1.88. The Hall–Kier alpha value is -1.81. The Morgan fingerprint density at radius 2 is 2.13 bits per heavy atom. The lowest BCUT2D eigenvalue weighted by atomic mass is 9.88. The van der Waals surface area contributed by atoms with Gasteiger partial charge in [-0.25, -0.2) is 0 Å². The van der Waals surface area contributed by atoms with Crippen LogP contribution in [0.3, 0.4) is 0 Å². The standard InChI is InChI=1S/C14H13N/c1-11-6-8-12(9-7-11)14-5-3-2-4-13(14)10-15/h2-8,12H,9H2,1H3. The summed E-state index contributed by atoms with van der Waals surface area (Å²) in [4.78, 5) is 0. The second-order valence-corrected chi connectivity index (χ2v) is 3.85. The average Bonchev–Trinajstić information content (AvgIpc) is 2.30. The molecule has 15 heavy (non-hydrogen) atoms. The maximum Gasteiger partial charge on any atom is 0.0994 e. The first-order valence-corrected chi connectivity index (χ1v) is 5.15. The molecule has 1 atom stereocenters. The largest absolute Gasteiger partial charge is 0.192 e. The van der Waals surface area contributed by atoms with E-state index in [9.17, 15) is 0 Å². The highest BCUT2D eigenvalue weighted by atomic mass is 14.3. The van der Waals surface area contributed by atoms with Crippen LogP contribution in [0.2, 0.25) is 0 Å². The van der Waals surface area contributed by atoms with E-state index in [-0.39, 0.29) is 0 Å². The third-order valence-corrected chi connectivity index (χ3v) is 2.77. The summed E-state index contributed by atoms with van der Waals surface area (Å²) >= 11 is 0. The van der Waals surface area contributed by atoms with Crippen molar-refractivity contribution in [2.75, 3.05) is 0 Å². The smallest absolute Gasteiger partial charge is 0.0994 e. The lowest BCUT2D eigenvalue weighted by Gasteiger charge is -2.16. The minimum atomic E-state index is 0.365. The molecule has 74 valence electrons. The molecule has 2 rings (SSSR count). The average molecular weight is 195 g/mol. The second kappa shape index (κ2) is 4.14. The Labute approximate surface area is 90.4 Å². The predicted molar refractivity (Wildman–Crippen MR) is 61.4 cm³/mol. The van der Waals surface area contributed by atoms with Crippen LogP contribution in [0.5, 0.6) is 0 Å². The number of nitriles is 1. The molecule has 1 nitrogen and oxygen atoms in total. The highest BCUT2D eigenvalue weighted by Crippen LogP contribution is 2.28. The molecule has 0 N–H and O–H groups in total. The number of allylic oxidation sites excluding steroid dienone is 4. The van der Waals surface area contributed by atoms with Gasteiger partial charge in [0.1, 0.15) is 0 Å². The van der Waals surface area contributed by atoms with Gasteiger partial charge >= 0.3 is 0 Å². The van der Waals surface area contributed by atoms with E-state index in [0.717, 1.165) is 17.5 Å². The first kappa shape index (κ1) is 9.73. The van der Waals surface area contributed by atoms with Crippen LogP contribution in [0.4, 0.5) is 0 Å². The Bertz CT molecular complexity index is 460. The van der Waals surface area contributed by atoms with E-state index in [4.69, 9.17) is 5.26 Å². The first-order chi connectivity index (χ1) is 7.31. The molecule has 0 heterocycles. The minimum absolute atomic E-state index is 0.365. The molecule has 1 aromatic rings. The number of hydrogen-bond donors (Lipinski definition) is 0. The van der Waals surface area contributed by atoms with E-state index in [1.54, 1.807) is 0 Å². The number of nitrogens with zero attached hydrogens (tertiary/aromatic N) is 1. The normalized spacial score (nSPS) is 19.5. The van der Waals surface area contributed by atoms with Crippen LogP contribution in [-0.2, 0) is 0 Å². The van der Waals surface area contributed by atoms with Gasteiger partial charge in [0.15, 0.2) is 0 Å². The maximum atomic E-state index is 9.01. The zero-order valence-electron chi connectivity index (χ0n) is 8.77. The van der Waals surface area contributed by atoms with Crippen LogP contribution < -0.4 is 0 Å². The van der Waals surface area contributed by atoms with Gasteiger partial charge in [-0.15, -0.1) is 0 Å². The van der Waals surface area contributed by atoms with E-state index < -0.39 is 0 Å². The highest BCUT2D eigenvalue weighted by molar-refractivity contribution is 5.43. The van der Waals surface area contributed by atoms with Crippen LogP contribution in [0.25, 0.3) is 0 Å². The third-order valence-electron chi connectivity index (χ3n) is 2.77. The van der Waals surface area contributed by atoms with Crippen LogP contribution in [-0.4, -0.2) is 0 Å². The molecule has 0 aliphatic heterocycles. The molecular weight excluding hydrogens is 182 g/mol. The monoisotopic (exact) mass is 195 g/mol. The van der Waals surface area contributed by atoms with Crippen molar-refractivity contribution in [3.8, 4) is 6.07 Å². The molecule has 1 heteroatoms. The molecule has 0 amide bonds. The Morgan fingerprint density at radius 1 is 1.33 bits per heavy atom. The van der Waals surface area contributed by atoms with Crippen molar-refractivity contribution < 1.29 is 0 Å². The van der Waals surface area contributed by atoms with Crippen molar-refractivity contribution >= 4 is 0 Å². The van der Waals surface area contributed by atoms with Crippen molar-refractivity contribution in [3.63, 3.8) is 0 Å². The molecule has 0 saturated heterocycles. The lowest BCUT2D eigenvalue weighted by Crippen LogP contribution is -2.00. The van der Waals surface area contributed by atoms with Gasteiger partial charge in [-0.3, -0.25) is 0 Å². The summed E-state index contributed by atoms with van der Waals surface area (Å²) in [6.45, 7) is 2.10.